The zero-order valence-electron chi connectivity index (χ0n) is 6.72. The third-order valence-electron chi connectivity index (χ3n) is 1.78. The number of benzene rings is 1. The number of hydrogen-bond acceptors (Lipinski definition) is 0. The van der Waals surface area contributed by atoms with Crippen LogP contribution in [0.5, 0.6) is 0 Å². The Morgan fingerprint density at radius 1 is 1.30 bits per heavy atom. The maximum atomic E-state index is 2.21. The van der Waals surface area contributed by atoms with Crippen LogP contribution in [0.1, 0.15) is 18.9 Å². The molecule has 52 valence electrons. The highest BCUT2D eigenvalue weighted by Crippen LogP contribution is 1.97. The summed E-state index contributed by atoms with van der Waals surface area (Å²) in [5.41, 5.74) is 2.91. The molecule has 0 radical (unpaired) electrons. The Balaban J connectivity index is 2.81. The topological polar surface area (TPSA) is 0 Å². The molecule has 1 heteroatoms. The van der Waals surface area contributed by atoms with Crippen LogP contribution in [0.2, 0.25) is 0 Å². The average Bonchev–Trinajstić information content (AvgIpc) is 1.94. The van der Waals surface area contributed by atoms with Gasteiger partial charge in [-0.1, -0.05) is 48.6 Å². The highest BCUT2D eigenvalue weighted by atomic mass is 13.9. The molecule has 0 unspecified atom stereocenters. The van der Waals surface area contributed by atoms with Crippen LogP contribution in [-0.4, -0.2) is 7.85 Å². The largest absolute Gasteiger partial charge is 0.139 e. The van der Waals surface area contributed by atoms with E-state index >= 15 is 0 Å². The molecule has 0 amide bonds. The van der Waals surface area contributed by atoms with E-state index in [4.69, 9.17) is 0 Å². The Morgan fingerprint density at radius 3 is 2.60 bits per heavy atom. The van der Waals surface area contributed by atoms with Gasteiger partial charge in [0, 0.05) is 0 Å². The van der Waals surface area contributed by atoms with Crippen molar-refractivity contribution >= 4 is 13.3 Å². The van der Waals surface area contributed by atoms with Crippen molar-refractivity contribution in [3.05, 3.63) is 29.8 Å². The number of rotatable bonds is 2. The van der Waals surface area contributed by atoms with Gasteiger partial charge in [0.05, 0.1) is 0 Å². The minimum absolute atomic E-state index is 1.21. The Morgan fingerprint density at radius 2 is 2.00 bits per heavy atom. The molecule has 0 nitrogen and oxygen atoms in total. The molecule has 0 fully saturated rings. The predicted octanol–water partition coefficient (Wildman–Crippen LogP) is 0.898. The fourth-order valence-electron chi connectivity index (χ4n) is 1.16. The normalized spacial score (nSPS) is 9.70. The summed E-state index contributed by atoms with van der Waals surface area (Å²) >= 11 is 0. The van der Waals surface area contributed by atoms with E-state index in [0.717, 1.165) is 0 Å². The highest BCUT2D eigenvalue weighted by molar-refractivity contribution is 6.33. The van der Waals surface area contributed by atoms with Crippen LogP contribution in [0.3, 0.4) is 0 Å². The quantitative estimate of drug-likeness (QED) is 0.524. The molecule has 1 rings (SSSR count). The summed E-state index contributed by atoms with van der Waals surface area (Å²) in [6, 6.07) is 8.58. The molecule has 0 saturated carbocycles. The van der Waals surface area contributed by atoms with Crippen molar-refractivity contribution < 1.29 is 0 Å². The first-order valence-corrected chi connectivity index (χ1v) is 3.89. The summed E-state index contributed by atoms with van der Waals surface area (Å²) in [6.45, 7) is 2.21. The van der Waals surface area contributed by atoms with Crippen molar-refractivity contribution in [1.82, 2.24) is 0 Å². The van der Waals surface area contributed by atoms with E-state index in [1.165, 1.54) is 23.9 Å². The molecule has 0 spiro atoms. The molecule has 10 heavy (non-hydrogen) atoms. The standard InChI is InChI=1S/C9H13B/c1-2-5-8-6-3-4-7-9(8)10/h3-4,6-7H,2,5,10H2,1H3. The molecule has 0 heterocycles. The summed E-state index contributed by atoms with van der Waals surface area (Å²) in [4.78, 5) is 0. The molecule has 0 N–H and O–H groups in total. The highest BCUT2D eigenvalue weighted by Gasteiger charge is 1.92. The van der Waals surface area contributed by atoms with Crippen LogP contribution < -0.4 is 5.46 Å². The Kier molecular flexibility index (Phi) is 2.55. The maximum Gasteiger partial charge on any atom is 0.139 e. The molecule has 1 aromatic carbocycles. The van der Waals surface area contributed by atoms with Gasteiger partial charge in [0.15, 0.2) is 0 Å². The lowest BCUT2D eigenvalue weighted by Gasteiger charge is -2.01. The Labute approximate surface area is 63.7 Å². The van der Waals surface area contributed by atoms with Crippen molar-refractivity contribution in [2.45, 2.75) is 19.8 Å². The van der Waals surface area contributed by atoms with Gasteiger partial charge in [0.2, 0.25) is 0 Å². The summed E-state index contributed by atoms with van der Waals surface area (Å²) in [5.74, 6) is 0. The molecular formula is C9H13B. The van der Waals surface area contributed by atoms with Crippen molar-refractivity contribution in [2.24, 2.45) is 0 Å². The molecule has 1 aromatic rings. The van der Waals surface area contributed by atoms with E-state index in [2.05, 4.69) is 39.0 Å². The van der Waals surface area contributed by atoms with E-state index < -0.39 is 0 Å². The van der Waals surface area contributed by atoms with Crippen LogP contribution in [0.4, 0.5) is 0 Å². The molecule has 0 bridgehead atoms. The molecule has 0 aliphatic rings. The fraction of sp³-hybridized carbons (Fsp3) is 0.333. The zero-order chi connectivity index (χ0) is 7.40. The van der Waals surface area contributed by atoms with Gasteiger partial charge in [-0.2, -0.15) is 0 Å². The number of aryl methyl sites for hydroxylation is 1. The minimum Gasteiger partial charge on any atom is -0.0858 e. The molecule has 0 aromatic heterocycles. The van der Waals surface area contributed by atoms with Gasteiger partial charge in [-0.25, -0.2) is 0 Å². The SMILES string of the molecule is Bc1ccccc1CCC. The lowest BCUT2D eigenvalue weighted by atomic mass is 9.89. The monoisotopic (exact) mass is 132 g/mol. The summed E-state index contributed by atoms with van der Waals surface area (Å²) in [7, 11) is 2.17. The van der Waals surface area contributed by atoms with Crippen LogP contribution >= 0.6 is 0 Å². The maximum absolute atomic E-state index is 2.21. The first-order valence-electron chi connectivity index (χ1n) is 3.89. The molecule has 0 atom stereocenters. The second-order valence-electron chi connectivity index (χ2n) is 2.68. The predicted molar refractivity (Wildman–Crippen MR) is 48.6 cm³/mol. The van der Waals surface area contributed by atoms with Crippen molar-refractivity contribution in [3.8, 4) is 0 Å². The van der Waals surface area contributed by atoms with E-state index in [1.807, 2.05) is 0 Å². The first-order chi connectivity index (χ1) is 4.84. The molecule has 0 aliphatic carbocycles. The van der Waals surface area contributed by atoms with Gasteiger partial charge in [-0.05, 0) is 6.42 Å². The third-order valence-corrected chi connectivity index (χ3v) is 1.78. The second-order valence-corrected chi connectivity index (χ2v) is 2.68. The van der Waals surface area contributed by atoms with Gasteiger partial charge >= 0.3 is 0 Å². The summed E-state index contributed by atoms with van der Waals surface area (Å²) in [5, 5.41) is 0. The third kappa shape index (κ3) is 1.63. The molecular weight excluding hydrogens is 119 g/mol. The van der Waals surface area contributed by atoms with Crippen molar-refractivity contribution in [3.63, 3.8) is 0 Å². The van der Waals surface area contributed by atoms with E-state index in [1.54, 1.807) is 0 Å². The fourth-order valence-corrected chi connectivity index (χ4v) is 1.16. The van der Waals surface area contributed by atoms with Gasteiger partial charge in [0.1, 0.15) is 7.85 Å². The van der Waals surface area contributed by atoms with E-state index in [9.17, 15) is 0 Å². The molecule has 0 aliphatic heterocycles. The molecule has 0 saturated heterocycles. The Bertz CT molecular complexity index is 206. The van der Waals surface area contributed by atoms with Crippen molar-refractivity contribution in [1.29, 1.82) is 0 Å². The van der Waals surface area contributed by atoms with Gasteiger partial charge in [-0.15, -0.1) is 0 Å². The van der Waals surface area contributed by atoms with E-state index in [0.29, 0.717) is 0 Å². The van der Waals surface area contributed by atoms with Gasteiger partial charge < -0.3 is 0 Å². The van der Waals surface area contributed by atoms with Gasteiger partial charge in [0.25, 0.3) is 0 Å². The zero-order valence-corrected chi connectivity index (χ0v) is 6.72. The van der Waals surface area contributed by atoms with Crippen LogP contribution in [0, 0.1) is 0 Å². The van der Waals surface area contributed by atoms with Crippen molar-refractivity contribution in [2.75, 3.05) is 0 Å². The summed E-state index contributed by atoms with van der Waals surface area (Å²) < 4.78 is 0. The lowest BCUT2D eigenvalue weighted by Crippen LogP contribution is -2.08. The number of hydrogen-bond donors (Lipinski definition) is 0. The van der Waals surface area contributed by atoms with Crippen LogP contribution in [0.15, 0.2) is 24.3 Å². The smallest absolute Gasteiger partial charge is 0.0858 e. The minimum atomic E-state index is 1.21. The van der Waals surface area contributed by atoms with E-state index in [-0.39, 0.29) is 0 Å². The first kappa shape index (κ1) is 7.39. The lowest BCUT2D eigenvalue weighted by molar-refractivity contribution is 0.927. The average molecular weight is 132 g/mol. The van der Waals surface area contributed by atoms with Crippen LogP contribution in [0.25, 0.3) is 0 Å². The summed E-state index contributed by atoms with van der Waals surface area (Å²) in [6.07, 6.45) is 2.46. The van der Waals surface area contributed by atoms with Crippen LogP contribution in [-0.2, 0) is 6.42 Å². The Hall–Kier alpha value is -0.715. The van der Waals surface area contributed by atoms with Gasteiger partial charge in [-0.3, -0.25) is 0 Å². The second kappa shape index (κ2) is 3.45.